The van der Waals surface area contributed by atoms with E-state index in [4.69, 9.17) is 17.3 Å². The number of rotatable bonds is 4. The van der Waals surface area contributed by atoms with E-state index in [1.807, 2.05) is 10.3 Å². The highest BCUT2D eigenvalue weighted by atomic mass is 35.5. The van der Waals surface area contributed by atoms with Gasteiger partial charge < -0.3 is 5.73 Å². The minimum Gasteiger partial charge on any atom is -0.375 e. The lowest BCUT2D eigenvalue weighted by molar-refractivity contribution is -0.384. The molecule has 0 spiro atoms. The predicted octanol–water partition coefficient (Wildman–Crippen LogP) is 0.275. The molecule has 0 atom stereocenters. The van der Waals surface area contributed by atoms with E-state index in [0.29, 0.717) is 0 Å². The molecule has 8 nitrogen and oxygen atoms in total. The van der Waals surface area contributed by atoms with Gasteiger partial charge >= 0.3 is 0 Å². The highest BCUT2D eigenvalue weighted by Crippen LogP contribution is 2.25. The molecule has 0 saturated heterocycles. The van der Waals surface area contributed by atoms with E-state index in [2.05, 4.69) is 12.2 Å². The summed E-state index contributed by atoms with van der Waals surface area (Å²) < 4.78 is 23.4. The minimum absolute atomic E-state index is 0.281. The Bertz CT molecular complexity index is 603. The summed E-state index contributed by atoms with van der Waals surface area (Å²) in [6.07, 6.45) is 0. The SMILES string of the molecule is NC(=S)NNS(=O)(=O)c1ccc([N+](=O)[O-])cc1Cl. The molecule has 0 aliphatic rings. The summed E-state index contributed by atoms with van der Waals surface area (Å²) in [5, 5.41) is 9.89. The lowest BCUT2D eigenvalue weighted by Gasteiger charge is -2.08. The standard InChI is InChI=1S/C7H7ClN4O4S2/c8-5-3-4(12(13)14)1-2-6(5)18(15,16)11-10-7(9)17/h1-3,11H,(H3,9,10,17). The fourth-order valence-electron chi connectivity index (χ4n) is 0.994. The second-order valence-corrected chi connectivity index (χ2v) is 5.46. The highest BCUT2D eigenvalue weighted by molar-refractivity contribution is 7.89. The molecule has 0 aromatic heterocycles. The van der Waals surface area contributed by atoms with Crippen LogP contribution in [0.15, 0.2) is 23.1 Å². The van der Waals surface area contributed by atoms with Crippen molar-refractivity contribution in [2.24, 2.45) is 5.73 Å². The number of benzene rings is 1. The van der Waals surface area contributed by atoms with Gasteiger partial charge in [-0.2, -0.15) is 0 Å². The molecule has 11 heteroatoms. The van der Waals surface area contributed by atoms with Crippen molar-refractivity contribution in [2.45, 2.75) is 4.90 Å². The molecule has 0 heterocycles. The smallest absolute Gasteiger partial charge is 0.271 e. The van der Waals surface area contributed by atoms with Gasteiger partial charge in [-0.25, -0.2) is 8.42 Å². The van der Waals surface area contributed by atoms with Crippen LogP contribution in [-0.4, -0.2) is 18.5 Å². The van der Waals surface area contributed by atoms with Crippen LogP contribution in [0.3, 0.4) is 0 Å². The first kappa shape index (κ1) is 14.6. The molecule has 0 amide bonds. The van der Waals surface area contributed by atoms with Gasteiger partial charge in [-0.15, -0.1) is 4.83 Å². The van der Waals surface area contributed by atoms with E-state index in [1.165, 1.54) is 0 Å². The maximum atomic E-state index is 11.7. The molecule has 0 aliphatic carbocycles. The van der Waals surface area contributed by atoms with Gasteiger partial charge in [0.1, 0.15) is 4.90 Å². The quantitative estimate of drug-likeness (QED) is 0.414. The van der Waals surface area contributed by atoms with Gasteiger partial charge in [0.15, 0.2) is 5.11 Å². The topological polar surface area (TPSA) is 127 Å². The second-order valence-electron chi connectivity index (χ2n) is 2.97. The third-order valence-electron chi connectivity index (χ3n) is 1.72. The summed E-state index contributed by atoms with van der Waals surface area (Å²) in [6, 6.07) is 2.95. The second kappa shape index (κ2) is 5.44. The van der Waals surface area contributed by atoms with Crippen LogP contribution < -0.4 is 16.0 Å². The molecule has 98 valence electrons. The summed E-state index contributed by atoms with van der Waals surface area (Å²) in [5.41, 5.74) is 6.76. The Kier molecular flexibility index (Phi) is 4.40. The summed E-state index contributed by atoms with van der Waals surface area (Å²) in [7, 11) is -4.01. The van der Waals surface area contributed by atoms with E-state index < -0.39 is 14.9 Å². The van der Waals surface area contributed by atoms with Crippen molar-refractivity contribution in [3.05, 3.63) is 33.3 Å². The first-order valence-corrected chi connectivity index (χ1v) is 6.52. The zero-order valence-corrected chi connectivity index (χ0v) is 11.0. The van der Waals surface area contributed by atoms with Crippen LogP contribution in [0.2, 0.25) is 5.02 Å². The molecule has 18 heavy (non-hydrogen) atoms. The molecule has 4 N–H and O–H groups in total. The van der Waals surface area contributed by atoms with Crippen molar-refractivity contribution in [2.75, 3.05) is 0 Å². The van der Waals surface area contributed by atoms with Crippen LogP contribution in [0.5, 0.6) is 0 Å². The molecule has 1 rings (SSSR count). The summed E-state index contributed by atoms with van der Waals surface area (Å²) in [4.78, 5) is 11.3. The van der Waals surface area contributed by atoms with Crippen LogP contribution in [0.1, 0.15) is 0 Å². The highest BCUT2D eigenvalue weighted by Gasteiger charge is 2.20. The average Bonchev–Trinajstić information content (AvgIpc) is 2.26. The Labute approximate surface area is 112 Å². The molecule has 0 fully saturated rings. The molecule has 0 aliphatic heterocycles. The van der Waals surface area contributed by atoms with Crippen LogP contribution in [0.4, 0.5) is 5.69 Å². The van der Waals surface area contributed by atoms with Gasteiger partial charge in [0.25, 0.3) is 15.7 Å². The Morgan fingerprint density at radius 2 is 2.11 bits per heavy atom. The number of nitro groups is 1. The van der Waals surface area contributed by atoms with Gasteiger partial charge in [-0.1, -0.05) is 11.6 Å². The number of hydrogen-bond donors (Lipinski definition) is 3. The number of halogens is 1. The molecule has 1 aromatic rings. The lowest BCUT2D eigenvalue weighted by atomic mass is 10.3. The fourth-order valence-corrected chi connectivity index (χ4v) is 2.51. The summed E-state index contributed by atoms with van der Waals surface area (Å²) >= 11 is 10.1. The predicted molar refractivity (Wildman–Crippen MR) is 68.3 cm³/mol. The maximum Gasteiger partial charge on any atom is 0.271 e. The summed E-state index contributed by atoms with van der Waals surface area (Å²) in [5.74, 6) is 0. The molecule has 1 aromatic carbocycles. The zero-order chi connectivity index (χ0) is 13.9. The van der Waals surface area contributed by atoms with Crippen LogP contribution in [-0.2, 0) is 10.0 Å². The first-order valence-electron chi connectivity index (χ1n) is 4.25. The van der Waals surface area contributed by atoms with E-state index in [1.54, 1.807) is 0 Å². The normalized spacial score (nSPS) is 10.9. The van der Waals surface area contributed by atoms with Gasteiger partial charge in [-0.3, -0.25) is 15.5 Å². The Hall–Kier alpha value is -1.49. The van der Waals surface area contributed by atoms with Crippen molar-refractivity contribution >= 4 is 44.6 Å². The number of hydrogen-bond acceptors (Lipinski definition) is 5. The zero-order valence-electron chi connectivity index (χ0n) is 8.58. The Morgan fingerprint density at radius 3 is 2.56 bits per heavy atom. The van der Waals surface area contributed by atoms with E-state index in [9.17, 15) is 18.5 Å². The molecule has 0 bridgehead atoms. The number of sulfonamides is 1. The van der Waals surface area contributed by atoms with Crippen LogP contribution in [0, 0.1) is 10.1 Å². The van der Waals surface area contributed by atoms with Gasteiger partial charge in [0, 0.05) is 12.1 Å². The summed E-state index contributed by atoms with van der Waals surface area (Å²) in [6.45, 7) is 0. The largest absolute Gasteiger partial charge is 0.375 e. The number of hydrazine groups is 1. The first-order chi connectivity index (χ1) is 8.24. The van der Waals surface area contributed by atoms with Crippen molar-refractivity contribution in [1.82, 2.24) is 10.3 Å². The number of nitrogens with zero attached hydrogens (tertiary/aromatic N) is 1. The third kappa shape index (κ3) is 3.50. The number of non-ortho nitro benzene ring substituents is 1. The fraction of sp³-hybridized carbons (Fsp3) is 0. The number of thiocarbonyl (C=S) groups is 1. The maximum absolute atomic E-state index is 11.7. The average molecular weight is 311 g/mol. The Balaban J connectivity index is 3.10. The van der Waals surface area contributed by atoms with E-state index in [-0.39, 0.29) is 20.7 Å². The van der Waals surface area contributed by atoms with E-state index >= 15 is 0 Å². The molecule has 0 radical (unpaired) electrons. The molecule has 0 unspecified atom stereocenters. The van der Waals surface area contributed by atoms with Crippen molar-refractivity contribution in [3.8, 4) is 0 Å². The molecular formula is C7H7ClN4O4S2. The number of nitrogens with two attached hydrogens (primary N) is 1. The molecule has 0 saturated carbocycles. The van der Waals surface area contributed by atoms with Crippen molar-refractivity contribution in [3.63, 3.8) is 0 Å². The molecular weight excluding hydrogens is 304 g/mol. The van der Waals surface area contributed by atoms with Gasteiger partial charge in [0.2, 0.25) is 0 Å². The minimum atomic E-state index is -4.01. The van der Waals surface area contributed by atoms with Crippen molar-refractivity contribution in [1.29, 1.82) is 0 Å². The lowest BCUT2D eigenvalue weighted by Crippen LogP contribution is -2.44. The van der Waals surface area contributed by atoms with Crippen molar-refractivity contribution < 1.29 is 13.3 Å². The van der Waals surface area contributed by atoms with Gasteiger partial charge in [0.05, 0.1) is 9.95 Å². The van der Waals surface area contributed by atoms with Gasteiger partial charge in [-0.05, 0) is 18.3 Å². The van der Waals surface area contributed by atoms with Crippen LogP contribution in [0.25, 0.3) is 0 Å². The van der Waals surface area contributed by atoms with E-state index in [0.717, 1.165) is 18.2 Å². The third-order valence-corrected chi connectivity index (χ3v) is 3.56. The van der Waals surface area contributed by atoms with Crippen LogP contribution >= 0.6 is 23.8 Å². The number of nitrogens with one attached hydrogen (secondary N) is 2. The number of nitro benzene ring substituents is 1. The Morgan fingerprint density at radius 1 is 1.50 bits per heavy atom. The monoisotopic (exact) mass is 310 g/mol.